The topological polar surface area (TPSA) is 71.2 Å². The molecule has 2 heterocycles. The van der Waals surface area contributed by atoms with Gasteiger partial charge in [0.25, 0.3) is 5.56 Å². The van der Waals surface area contributed by atoms with Crippen molar-refractivity contribution in [2.45, 2.75) is 6.54 Å². The van der Waals surface area contributed by atoms with Crippen LogP contribution in [0.25, 0.3) is 16.6 Å². The number of nitrogens with zero attached hydrogens (tertiary/aromatic N) is 4. The van der Waals surface area contributed by atoms with Gasteiger partial charge in [-0.05, 0) is 12.1 Å². The summed E-state index contributed by atoms with van der Waals surface area (Å²) < 4.78 is 13.4. The number of methoxy groups -OCH3 is 1. The molecule has 0 radical (unpaired) electrons. The van der Waals surface area contributed by atoms with Crippen molar-refractivity contribution in [2.24, 2.45) is 0 Å². The Morgan fingerprint density at radius 3 is 2.65 bits per heavy atom. The summed E-state index contributed by atoms with van der Waals surface area (Å²) in [5, 5.41) is 9.06. The summed E-state index contributed by atoms with van der Waals surface area (Å²) in [7, 11) is 1.62. The van der Waals surface area contributed by atoms with Gasteiger partial charge in [0.05, 0.1) is 55.3 Å². The molecule has 0 aliphatic rings. The summed E-state index contributed by atoms with van der Waals surface area (Å²) in [6.45, 7) is 1.84. The zero-order chi connectivity index (χ0) is 16.1. The number of hydrogen-bond donors (Lipinski definition) is 0. The zero-order valence-corrected chi connectivity index (χ0v) is 12.9. The van der Waals surface area contributed by atoms with Gasteiger partial charge in [0.15, 0.2) is 0 Å². The molecule has 0 aliphatic carbocycles. The zero-order valence-electron chi connectivity index (χ0n) is 12.9. The van der Waals surface area contributed by atoms with E-state index in [9.17, 15) is 4.79 Å². The largest absolute Gasteiger partial charge is 0.382 e. The Kier molecular flexibility index (Phi) is 4.80. The average Bonchev–Trinajstić information content (AvgIpc) is 3.02. The highest BCUT2D eigenvalue weighted by molar-refractivity contribution is 5.78. The van der Waals surface area contributed by atoms with Crippen LogP contribution in [0.3, 0.4) is 0 Å². The molecule has 0 saturated carbocycles. The van der Waals surface area contributed by atoms with Crippen molar-refractivity contribution < 1.29 is 9.47 Å². The van der Waals surface area contributed by atoms with Crippen LogP contribution in [0.2, 0.25) is 0 Å². The first-order valence-electron chi connectivity index (χ1n) is 7.37. The Balaban J connectivity index is 1.82. The van der Waals surface area contributed by atoms with Crippen molar-refractivity contribution in [3.63, 3.8) is 0 Å². The molecule has 23 heavy (non-hydrogen) atoms. The molecule has 0 saturated heterocycles. The number of fused-ring (bicyclic) bond motifs is 1. The summed E-state index contributed by atoms with van der Waals surface area (Å²) in [4.78, 5) is 12.5. The molecule has 0 aliphatic heterocycles. The summed E-state index contributed by atoms with van der Waals surface area (Å²) >= 11 is 0. The van der Waals surface area contributed by atoms with E-state index in [1.165, 1.54) is 4.68 Å². The average molecular weight is 314 g/mol. The van der Waals surface area contributed by atoms with Gasteiger partial charge >= 0.3 is 0 Å². The number of benzene rings is 1. The third kappa shape index (κ3) is 3.30. The predicted molar refractivity (Wildman–Crippen MR) is 85.8 cm³/mol. The van der Waals surface area contributed by atoms with E-state index >= 15 is 0 Å². The maximum Gasteiger partial charge on any atom is 0.277 e. The molecule has 1 aromatic carbocycles. The Bertz CT molecular complexity index is 826. The first-order valence-corrected chi connectivity index (χ1v) is 7.37. The van der Waals surface area contributed by atoms with Gasteiger partial charge < -0.3 is 9.47 Å². The van der Waals surface area contributed by atoms with Crippen LogP contribution in [-0.2, 0) is 16.0 Å². The number of rotatable bonds is 7. The lowest BCUT2D eigenvalue weighted by atomic mass is 10.3. The molecule has 0 unspecified atom stereocenters. The molecule has 0 bridgehead atoms. The first kappa shape index (κ1) is 15.4. The van der Waals surface area contributed by atoms with Gasteiger partial charge in [-0.3, -0.25) is 4.79 Å². The van der Waals surface area contributed by atoms with Gasteiger partial charge in [-0.1, -0.05) is 18.2 Å². The monoisotopic (exact) mass is 314 g/mol. The number of para-hydroxylation sites is 1. The smallest absolute Gasteiger partial charge is 0.277 e. The van der Waals surface area contributed by atoms with E-state index in [0.717, 1.165) is 5.69 Å². The summed E-state index contributed by atoms with van der Waals surface area (Å²) in [5.74, 6) is 0. The van der Waals surface area contributed by atoms with E-state index in [1.807, 2.05) is 30.3 Å². The maximum atomic E-state index is 12.5. The van der Waals surface area contributed by atoms with Crippen LogP contribution in [0, 0.1) is 0 Å². The van der Waals surface area contributed by atoms with Crippen molar-refractivity contribution >= 4 is 10.9 Å². The second-order valence-corrected chi connectivity index (χ2v) is 4.97. The summed E-state index contributed by atoms with van der Waals surface area (Å²) in [6, 6.07) is 9.65. The number of ether oxygens (including phenoxy) is 2. The molecule has 120 valence electrons. The van der Waals surface area contributed by atoms with E-state index < -0.39 is 0 Å². The lowest BCUT2D eigenvalue weighted by molar-refractivity contribution is 0.0649. The highest BCUT2D eigenvalue weighted by Gasteiger charge is 2.10. The first-order chi connectivity index (χ1) is 11.3. The number of aromatic nitrogens is 4. The van der Waals surface area contributed by atoms with Gasteiger partial charge in [0.1, 0.15) is 0 Å². The Hall–Kier alpha value is -2.51. The normalized spacial score (nSPS) is 11.2. The quantitative estimate of drug-likeness (QED) is 0.614. The molecule has 0 N–H and O–H groups in total. The fraction of sp³-hybridized carbons (Fsp3) is 0.312. The van der Waals surface area contributed by atoms with Gasteiger partial charge in [0.2, 0.25) is 0 Å². The summed E-state index contributed by atoms with van der Waals surface area (Å²) in [5.41, 5.74) is 1.42. The minimum absolute atomic E-state index is 0.167. The molecule has 3 aromatic rings. The Morgan fingerprint density at radius 1 is 1.04 bits per heavy atom. The van der Waals surface area contributed by atoms with Crippen LogP contribution in [0.15, 0.2) is 47.5 Å². The molecule has 2 aromatic heterocycles. The molecular formula is C16H18N4O3. The lowest BCUT2D eigenvalue weighted by Crippen LogP contribution is -2.25. The SMILES string of the molecule is COCCOCCn1ncc2c(cnn2-c2ccccc2)c1=O. The molecule has 0 amide bonds. The van der Waals surface area contributed by atoms with E-state index in [0.29, 0.717) is 37.3 Å². The van der Waals surface area contributed by atoms with Gasteiger partial charge in [-0.15, -0.1) is 0 Å². The van der Waals surface area contributed by atoms with Crippen LogP contribution >= 0.6 is 0 Å². The number of hydrogen-bond acceptors (Lipinski definition) is 5. The standard InChI is InChI=1S/C16H18N4O3/c1-22-9-10-23-8-7-19-16(21)14-11-18-20(15(14)12-17-19)13-5-3-2-4-6-13/h2-6,11-12H,7-10H2,1H3. The fourth-order valence-corrected chi connectivity index (χ4v) is 2.29. The minimum atomic E-state index is -0.167. The van der Waals surface area contributed by atoms with E-state index in [-0.39, 0.29) is 5.56 Å². The van der Waals surface area contributed by atoms with Crippen molar-refractivity contribution in [1.29, 1.82) is 0 Å². The van der Waals surface area contributed by atoms with E-state index in [2.05, 4.69) is 10.2 Å². The van der Waals surface area contributed by atoms with Crippen LogP contribution in [-0.4, -0.2) is 46.5 Å². The van der Waals surface area contributed by atoms with Crippen molar-refractivity contribution in [3.05, 3.63) is 53.1 Å². The van der Waals surface area contributed by atoms with Crippen LogP contribution in [0.5, 0.6) is 0 Å². The van der Waals surface area contributed by atoms with E-state index in [4.69, 9.17) is 9.47 Å². The Morgan fingerprint density at radius 2 is 1.87 bits per heavy atom. The third-order valence-corrected chi connectivity index (χ3v) is 3.47. The van der Waals surface area contributed by atoms with Gasteiger partial charge in [-0.25, -0.2) is 9.36 Å². The van der Waals surface area contributed by atoms with Crippen molar-refractivity contribution in [1.82, 2.24) is 19.6 Å². The van der Waals surface area contributed by atoms with Crippen LogP contribution in [0.1, 0.15) is 0 Å². The maximum absolute atomic E-state index is 12.5. The van der Waals surface area contributed by atoms with Gasteiger partial charge in [0, 0.05) is 7.11 Å². The second kappa shape index (κ2) is 7.17. The molecule has 3 rings (SSSR count). The van der Waals surface area contributed by atoms with Crippen molar-refractivity contribution in [3.8, 4) is 5.69 Å². The third-order valence-electron chi connectivity index (χ3n) is 3.47. The second-order valence-electron chi connectivity index (χ2n) is 4.97. The molecule has 7 nitrogen and oxygen atoms in total. The minimum Gasteiger partial charge on any atom is -0.382 e. The van der Waals surface area contributed by atoms with Crippen LogP contribution < -0.4 is 5.56 Å². The fourth-order valence-electron chi connectivity index (χ4n) is 2.29. The molecule has 0 fully saturated rings. The highest BCUT2D eigenvalue weighted by atomic mass is 16.5. The van der Waals surface area contributed by atoms with E-state index in [1.54, 1.807) is 24.2 Å². The van der Waals surface area contributed by atoms with Crippen LogP contribution in [0.4, 0.5) is 0 Å². The van der Waals surface area contributed by atoms with Crippen molar-refractivity contribution in [2.75, 3.05) is 26.9 Å². The molecular weight excluding hydrogens is 296 g/mol. The van der Waals surface area contributed by atoms with Gasteiger partial charge in [-0.2, -0.15) is 10.2 Å². The predicted octanol–water partition coefficient (Wildman–Crippen LogP) is 1.25. The lowest BCUT2D eigenvalue weighted by Gasteiger charge is -2.06. The highest BCUT2D eigenvalue weighted by Crippen LogP contribution is 2.14. The molecule has 0 atom stereocenters. The molecule has 7 heteroatoms. The molecule has 0 spiro atoms. The summed E-state index contributed by atoms with van der Waals surface area (Å²) in [6.07, 6.45) is 3.24. The Labute approximate surface area is 133 Å².